The Bertz CT molecular complexity index is 605. The second kappa shape index (κ2) is 11.0. The number of likely N-dealkylation sites (tertiary alicyclic amines) is 1. The third-order valence-corrected chi connectivity index (χ3v) is 4.38. The van der Waals surface area contributed by atoms with Crippen molar-refractivity contribution in [2.45, 2.75) is 45.7 Å². The van der Waals surface area contributed by atoms with Crippen LogP contribution in [0.25, 0.3) is 0 Å². The van der Waals surface area contributed by atoms with Crippen LogP contribution in [0.1, 0.15) is 32.3 Å². The standard InChI is InChI=1S/C19H29F3N4O/c1-3-23-19(25-15-7-9-26(10-8-15)13-18(21)22)24-12-14-5-6-17(27-4-2)16(20)11-14/h5-6,11,15,18H,3-4,7-10,12-13H2,1-2H3,(H2,23,24,25). The largest absolute Gasteiger partial charge is 0.491 e. The number of hydrogen-bond donors (Lipinski definition) is 2. The minimum Gasteiger partial charge on any atom is -0.491 e. The molecule has 27 heavy (non-hydrogen) atoms. The van der Waals surface area contributed by atoms with Gasteiger partial charge < -0.3 is 15.4 Å². The summed E-state index contributed by atoms with van der Waals surface area (Å²) < 4.78 is 44.1. The van der Waals surface area contributed by atoms with Crippen LogP contribution >= 0.6 is 0 Å². The minimum absolute atomic E-state index is 0.163. The van der Waals surface area contributed by atoms with E-state index in [0.29, 0.717) is 38.7 Å². The van der Waals surface area contributed by atoms with Crippen molar-refractivity contribution in [3.8, 4) is 5.75 Å². The van der Waals surface area contributed by atoms with Crippen molar-refractivity contribution in [3.63, 3.8) is 0 Å². The molecule has 1 aromatic rings. The van der Waals surface area contributed by atoms with E-state index in [1.165, 1.54) is 6.07 Å². The molecule has 0 bridgehead atoms. The average molecular weight is 386 g/mol. The second-order valence-corrected chi connectivity index (χ2v) is 6.50. The predicted molar refractivity (Wildman–Crippen MR) is 101 cm³/mol. The van der Waals surface area contributed by atoms with Crippen LogP contribution in [-0.4, -0.2) is 56.1 Å². The fourth-order valence-corrected chi connectivity index (χ4v) is 3.05. The minimum atomic E-state index is -2.29. The van der Waals surface area contributed by atoms with Gasteiger partial charge in [-0.3, -0.25) is 4.90 Å². The van der Waals surface area contributed by atoms with Crippen LogP contribution < -0.4 is 15.4 Å². The van der Waals surface area contributed by atoms with E-state index in [1.807, 2.05) is 13.8 Å². The Morgan fingerprint density at radius 2 is 2.04 bits per heavy atom. The van der Waals surface area contributed by atoms with Crippen LogP contribution in [-0.2, 0) is 6.54 Å². The molecule has 0 aliphatic carbocycles. The zero-order chi connectivity index (χ0) is 19.6. The highest BCUT2D eigenvalue weighted by Gasteiger charge is 2.21. The number of guanidine groups is 1. The van der Waals surface area contributed by atoms with Gasteiger partial charge in [0.05, 0.1) is 19.7 Å². The lowest BCUT2D eigenvalue weighted by molar-refractivity contribution is 0.0744. The third kappa shape index (κ3) is 7.28. The zero-order valence-corrected chi connectivity index (χ0v) is 16.0. The first-order valence-electron chi connectivity index (χ1n) is 9.48. The summed E-state index contributed by atoms with van der Waals surface area (Å²) >= 11 is 0. The summed E-state index contributed by atoms with van der Waals surface area (Å²) in [5, 5.41) is 6.53. The summed E-state index contributed by atoms with van der Waals surface area (Å²) in [5.74, 6) is 0.499. The number of ether oxygens (including phenoxy) is 1. The van der Waals surface area contributed by atoms with Gasteiger partial charge in [-0.1, -0.05) is 6.07 Å². The van der Waals surface area contributed by atoms with Crippen LogP contribution in [0, 0.1) is 5.82 Å². The number of aliphatic imine (C=N–C) groups is 1. The van der Waals surface area contributed by atoms with Gasteiger partial charge in [-0.25, -0.2) is 18.2 Å². The number of benzene rings is 1. The van der Waals surface area contributed by atoms with Crippen LogP contribution in [0.5, 0.6) is 5.75 Å². The number of nitrogens with one attached hydrogen (secondary N) is 2. The van der Waals surface area contributed by atoms with Gasteiger partial charge in [0.25, 0.3) is 6.43 Å². The van der Waals surface area contributed by atoms with Gasteiger partial charge in [-0.05, 0) is 44.4 Å². The number of hydrogen-bond acceptors (Lipinski definition) is 3. The number of nitrogens with zero attached hydrogens (tertiary/aromatic N) is 2. The lowest BCUT2D eigenvalue weighted by Gasteiger charge is -2.32. The lowest BCUT2D eigenvalue weighted by Crippen LogP contribution is -2.49. The van der Waals surface area contributed by atoms with Crippen molar-refractivity contribution in [3.05, 3.63) is 29.6 Å². The van der Waals surface area contributed by atoms with Crippen molar-refractivity contribution < 1.29 is 17.9 Å². The fraction of sp³-hybridized carbons (Fsp3) is 0.632. The summed E-state index contributed by atoms with van der Waals surface area (Å²) in [6, 6.07) is 5.03. The third-order valence-electron chi connectivity index (χ3n) is 4.38. The smallest absolute Gasteiger partial charge is 0.251 e. The SMILES string of the molecule is CCNC(=NCc1ccc(OCC)c(F)c1)NC1CCN(CC(F)F)CC1. The second-order valence-electron chi connectivity index (χ2n) is 6.50. The monoisotopic (exact) mass is 386 g/mol. The van der Waals surface area contributed by atoms with Gasteiger partial charge in [-0.15, -0.1) is 0 Å². The van der Waals surface area contributed by atoms with Crippen LogP contribution in [0.15, 0.2) is 23.2 Å². The number of rotatable bonds is 8. The first-order chi connectivity index (χ1) is 13.0. The Balaban J connectivity index is 1.90. The first kappa shape index (κ1) is 21.3. The number of halogens is 3. The summed E-state index contributed by atoms with van der Waals surface area (Å²) in [6.07, 6.45) is -0.716. The molecule has 1 fully saturated rings. The van der Waals surface area contributed by atoms with E-state index in [4.69, 9.17) is 4.74 Å². The molecule has 5 nitrogen and oxygen atoms in total. The highest BCUT2D eigenvalue weighted by atomic mass is 19.3. The Kier molecular flexibility index (Phi) is 8.71. The molecule has 2 rings (SSSR count). The molecule has 1 heterocycles. The molecule has 0 amide bonds. The summed E-state index contributed by atoms with van der Waals surface area (Å²) in [7, 11) is 0. The molecule has 1 saturated heterocycles. The highest BCUT2D eigenvalue weighted by molar-refractivity contribution is 5.80. The van der Waals surface area contributed by atoms with Gasteiger partial charge in [0.2, 0.25) is 0 Å². The van der Waals surface area contributed by atoms with Crippen LogP contribution in [0.3, 0.4) is 0 Å². The number of piperidine rings is 1. The number of alkyl halides is 2. The Hall–Kier alpha value is -1.96. The quantitative estimate of drug-likeness (QED) is 0.533. The molecule has 152 valence electrons. The molecule has 2 N–H and O–H groups in total. The van der Waals surface area contributed by atoms with E-state index < -0.39 is 12.2 Å². The maximum atomic E-state index is 13.9. The zero-order valence-electron chi connectivity index (χ0n) is 16.0. The maximum Gasteiger partial charge on any atom is 0.251 e. The van der Waals surface area contributed by atoms with E-state index in [-0.39, 0.29) is 18.3 Å². The Labute approximate surface area is 159 Å². The van der Waals surface area contributed by atoms with Crippen molar-refractivity contribution in [1.29, 1.82) is 0 Å². The van der Waals surface area contributed by atoms with Gasteiger partial charge >= 0.3 is 0 Å². The van der Waals surface area contributed by atoms with Gasteiger partial charge in [0.1, 0.15) is 0 Å². The van der Waals surface area contributed by atoms with E-state index in [0.717, 1.165) is 18.4 Å². The van der Waals surface area contributed by atoms with Gasteiger partial charge in [0, 0.05) is 25.7 Å². The van der Waals surface area contributed by atoms with Crippen LogP contribution in [0.4, 0.5) is 13.2 Å². The molecule has 1 aliphatic rings. The highest BCUT2D eigenvalue weighted by Crippen LogP contribution is 2.19. The normalized spacial score (nSPS) is 16.6. The molecule has 8 heteroatoms. The molecule has 1 aromatic carbocycles. The van der Waals surface area contributed by atoms with Crippen molar-refractivity contribution in [1.82, 2.24) is 15.5 Å². The molecule has 0 radical (unpaired) electrons. The summed E-state index contributed by atoms with van der Waals surface area (Å²) in [5.41, 5.74) is 0.750. The average Bonchev–Trinajstić information content (AvgIpc) is 2.63. The molecule has 0 spiro atoms. The molecular weight excluding hydrogens is 357 g/mol. The Morgan fingerprint density at radius 3 is 2.63 bits per heavy atom. The summed E-state index contributed by atoms with van der Waals surface area (Å²) in [4.78, 5) is 6.30. The van der Waals surface area contributed by atoms with Crippen molar-refractivity contribution in [2.75, 3.05) is 32.8 Å². The van der Waals surface area contributed by atoms with Crippen LogP contribution in [0.2, 0.25) is 0 Å². The van der Waals surface area contributed by atoms with Crippen molar-refractivity contribution in [2.24, 2.45) is 4.99 Å². The predicted octanol–water partition coefficient (Wildman–Crippen LogP) is 3.01. The van der Waals surface area contributed by atoms with Gasteiger partial charge in [0.15, 0.2) is 17.5 Å². The molecular formula is C19H29F3N4O. The van der Waals surface area contributed by atoms with E-state index >= 15 is 0 Å². The van der Waals surface area contributed by atoms with E-state index in [9.17, 15) is 13.2 Å². The van der Waals surface area contributed by atoms with Crippen molar-refractivity contribution >= 4 is 5.96 Å². The lowest BCUT2D eigenvalue weighted by atomic mass is 10.1. The maximum absolute atomic E-state index is 13.9. The first-order valence-corrected chi connectivity index (χ1v) is 9.48. The topological polar surface area (TPSA) is 48.9 Å². The molecule has 0 atom stereocenters. The Morgan fingerprint density at radius 1 is 1.30 bits per heavy atom. The molecule has 0 saturated carbocycles. The van der Waals surface area contributed by atoms with E-state index in [2.05, 4.69) is 15.6 Å². The van der Waals surface area contributed by atoms with Gasteiger partial charge in [-0.2, -0.15) is 0 Å². The fourth-order valence-electron chi connectivity index (χ4n) is 3.05. The van der Waals surface area contributed by atoms with E-state index in [1.54, 1.807) is 17.0 Å². The summed E-state index contributed by atoms with van der Waals surface area (Å²) in [6.45, 7) is 6.36. The molecule has 0 aromatic heterocycles. The molecule has 1 aliphatic heterocycles. The molecule has 0 unspecified atom stereocenters.